The quantitative estimate of drug-likeness (QED) is 0.741. The molecule has 2 atom stereocenters. The van der Waals surface area contributed by atoms with Crippen molar-refractivity contribution in [3.63, 3.8) is 0 Å². The third-order valence-corrected chi connectivity index (χ3v) is 5.35. The zero-order valence-electron chi connectivity index (χ0n) is 14.1. The Hall–Kier alpha value is -2.75. The van der Waals surface area contributed by atoms with Gasteiger partial charge in [-0.1, -0.05) is 18.2 Å². The molecule has 2 N–H and O–H groups in total. The molecule has 3 rings (SSSR count). The molecule has 25 heavy (non-hydrogen) atoms. The maximum absolute atomic E-state index is 12.3. The van der Waals surface area contributed by atoms with Gasteiger partial charge in [-0.2, -0.15) is 5.26 Å². The molecule has 0 fully saturated rings. The first kappa shape index (κ1) is 17.1. The number of likely N-dealkylation sites (N-methyl/N-ethyl adjacent to an activating group) is 1. The number of benzene rings is 2. The van der Waals surface area contributed by atoms with Crippen LogP contribution in [0.25, 0.3) is 10.2 Å². The number of hydrogen-bond donors (Lipinski definition) is 2. The van der Waals surface area contributed by atoms with E-state index in [4.69, 9.17) is 5.26 Å². The van der Waals surface area contributed by atoms with Crippen molar-refractivity contribution in [2.24, 2.45) is 0 Å². The number of nitriles is 1. The van der Waals surface area contributed by atoms with Crippen LogP contribution in [-0.2, 0) is 4.79 Å². The predicted molar refractivity (Wildman–Crippen MR) is 99.6 cm³/mol. The Balaban J connectivity index is 1.65. The van der Waals surface area contributed by atoms with Crippen LogP contribution in [0.2, 0.25) is 0 Å². The predicted octanol–water partition coefficient (Wildman–Crippen LogP) is 2.38. The fourth-order valence-electron chi connectivity index (χ4n) is 2.56. The van der Waals surface area contributed by atoms with Crippen molar-refractivity contribution in [3.05, 3.63) is 59.1 Å². The van der Waals surface area contributed by atoms with Crippen molar-refractivity contribution in [2.75, 3.05) is 18.9 Å². The average molecular weight is 351 g/mol. The number of hydrogen-bond acceptors (Lipinski definition) is 4. The lowest BCUT2D eigenvalue weighted by Gasteiger charge is -2.19. The van der Waals surface area contributed by atoms with Crippen molar-refractivity contribution in [2.45, 2.75) is 13.0 Å². The molecule has 0 radical (unpaired) electrons. The monoisotopic (exact) mass is 351 g/mol. The highest BCUT2D eigenvalue weighted by Crippen LogP contribution is 2.24. The second-order valence-corrected chi connectivity index (χ2v) is 7.07. The van der Waals surface area contributed by atoms with E-state index >= 15 is 0 Å². The molecule has 1 unspecified atom stereocenters. The number of thiazole rings is 1. The number of rotatable bonds is 5. The van der Waals surface area contributed by atoms with Gasteiger partial charge in [-0.25, -0.2) is 4.98 Å². The molecule has 5 nitrogen and oxygen atoms in total. The summed E-state index contributed by atoms with van der Waals surface area (Å²) in [5.41, 5.74) is 2.17. The molecule has 0 bridgehead atoms. The van der Waals surface area contributed by atoms with Gasteiger partial charge in [-0.3, -0.25) is 4.79 Å². The fourth-order valence-corrected chi connectivity index (χ4v) is 3.68. The molecule has 0 aliphatic carbocycles. The van der Waals surface area contributed by atoms with Gasteiger partial charge in [0.25, 0.3) is 5.91 Å². The Morgan fingerprint density at radius 1 is 1.32 bits per heavy atom. The van der Waals surface area contributed by atoms with Crippen LogP contribution < -0.4 is 10.2 Å². The summed E-state index contributed by atoms with van der Waals surface area (Å²) in [5, 5.41) is 12.8. The van der Waals surface area contributed by atoms with Crippen LogP contribution in [0, 0.1) is 11.3 Å². The first-order valence-corrected chi connectivity index (χ1v) is 8.86. The van der Waals surface area contributed by atoms with Gasteiger partial charge in [-0.15, -0.1) is 11.3 Å². The molecule has 2 aromatic carbocycles. The van der Waals surface area contributed by atoms with Crippen molar-refractivity contribution in [1.82, 2.24) is 4.98 Å². The van der Waals surface area contributed by atoms with E-state index in [0.717, 1.165) is 20.1 Å². The largest absolute Gasteiger partial charge is 0.322 e. The maximum Gasteiger partial charge on any atom is 0.279 e. The highest BCUT2D eigenvalue weighted by molar-refractivity contribution is 7.18. The van der Waals surface area contributed by atoms with E-state index in [2.05, 4.69) is 29.4 Å². The summed E-state index contributed by atoms with van der Waals surface area (Å²) in [4.78, 5) is 18.0. The molecule has 1 amide bonds. The van der Waals surface area contributed by atoms with E-state index in [1.807, 2.05) is 25.2 Å². The zero-order valence-corrected chi connectivity index (χ0v) is 14.9. The SMILES string of the molecule is C[C@H](c1nc2ccccc2s1)[NH+](C)CC(=O)Nc1cccc(C#N)c1. The second-order valence-electron chi connectivity index (χ2n) is 6.01. The number of anilines is 1. The summed E-state index contributed by atoms with van der Waals surface area (Å²) in [6.07, 6.45) is 0. The van der Waals surface area contributed by atoms with Gasteiger partial charge in [0.15, 0.2) is 11.6 Å². The van der Waals surface area contributed by atoms with Crippen LogP contribution in [0.4, 0.5) is 5.69 Å². The minimum Gasteiger partial charge on any atom is -0.322 e. The van der Waals surface area contributed by atoms with Crippen LogP contribution in [0.3, 0.4) is 0 Å². The van der Waals surface area contributed by atoms with E-state index in [0.29, 0.717) is 17.8 Å². The molecule has 0 aliphatic rings. The number of carbonyl (C=O) groups is 1. The summed E-state index contributed by atoms with van der Waals surface area (Å²) < 4.78 is 1.16. The van der Waals surface area contributed by atoms with E-state index in [1.54, 1.807) is 35.6 Å². The van der Waals surface area contributed by atoms with E-state index in [9.17, 15) is 4.79 Å². The normalized spacial score (nSPS) is 13.2. The summed E-state index contributed by atoms with van der Waals surface area (Å²) in [6.45, 7) is 2.41. The summed E-state index contributed by atoms with van der Waals surface area (Å²) in [7, 11) is 1.99. The summed E-state index contributed by atoms with van der Waals surface area (Å²) in [5.74, 6) is -0.0828. The van der Waals surface area contributed by atoms with Gasteiger partial charge in [0.1, 0.15) is 6.04 Å². The molecule has 126 valence electrons. The number of aromatic nitrogens is 1. The molecule has 1 aromatic heterocycles. The highest BCUT2D eigenvalue weighted by Gasteiger charge is 2.22. The number of nitrogens with one attached hydrogen (secondary N) is 2. The van der Waals surface area contributed by atoms with Gasteiger partial charge < -0.3 is 10.2 Å². The number of carbonyl (C=O) groups excluding carboxylic acids is 1. The number of para-hydroxylation sites is 1. The van der Waals surface area contributed by atoms with Crippen molar-refractivity contribution < 1.29 is 9.69 Å². The molecule has 1 heterocycles. The lowest BCUT2D eigenvalue weighted by Crippen LogP contribution is -3.10. The third kappa shape index (κ3) is 4.02. The number of quaternary nitrogens is 1. The number of nitrogens with zero attached hydrogens (tertiary/aromatic N) is 2. The van der Waals surface area contributed by atoms with Gasteiger partial charge >= 0.3 is 0 Å². The van der Waals surface area contributed by atoms with Crippen molar-refractivity contribution in [1.29, 1.82) is 5.26 Å². The second kappa shape index (κ2) is 7.43. The summed E-state index contributed by atoms with van der Waals surface area (Å²) >= 11 is 1.67. The van der Waals surface area contributed by atoms with Gasteiger partial charge in [-0.05, 0) is 37.3 Å². The van der Waals surface area contributed by atoms with Crippen LogP contribution in [-0.4, -0.2) is 24.5 Å². The average Bonchev–Trinajstić information content (AvgIpc) is 3.05. The van der Waals surface area contributed by atoms with E-state index < -0.39 is 0 Å². The topological polar surface area (TPSA) is 70.2 Å². The molecular weight excluding hydrogens is 332 g/mol. The number of amides is 1. The first-order chi connectivity index (χ1) is 12.1. The third-order valence-electron chi connectivity index (χ3n) is 4.13. The Morgan fingerprint density at radius 3 is 2.88 bits per heavy atom. The Bertz CT molecular complexity index is 911. The smallest absolute Gasteiger partial charge is 0.279 e. The molecule has 6 heteroatoms. The van der Waals surface area contributed by atoms with Gasteiger partial charge in [0.2, 0.25) is 0 Å². The molecule has 0 saturated heterocycles. The van der Waals surface area contributed by atoms with Crippen LogP contribution >= 0.6 is 11.3 Å². The fraction of sp³-hybridized carbons (Fsp3) is 0.211. The van der Waals surface area contributed by atoms with Crippen LogP contribution in [0.5, 0.6) is 0 Å². The standard InChI is InChI=1S/C19H18N4OS/c1-13(19-22-16-8-3-4-9-17(16)25-19)23(2)12-18(24)21-15-7-5-6-14(10-15)11-20/h3-10,13H,12H2,1-2H3,(H,21,24)/p+1/t13-/m1/s1. The zero-order chi connectivity index (χ0) is 17.8. The Morgan fingerprint density at radius 2 is 2.12 bits per heavy atom. The lowest BCUT2D eigenvalue weighted by atomic mass is 10.2. The summed E-state index contributed by atoms with van der Waals surface area (Å²) in [6, 6.07) is 17.2. The minimum absolute atomic E-state index is 0.0828. The van der Waals surface area contributed by atoms with Crippen LogP contribution in [0.1, 0.15) is 23.5 Å². The minimum atomic E-state index is -0.0828. The first-order valence-electron chi connectivity index (χ1n) is 8.04. The molecule has 0 aliphatic heterocycles. The van der Waals surface area contributed by atoms with Crippen molar-refractivity contribution >= 4 is 33.1 Å². The molecular formula is C19H19N4OS+. The van der Waals surface area contributed by atoms with Crippen molar-refractivity contribution in [3.8, 4) is 6.07 Å². The van der Waals surface area contributed by atoms with E-state index in [-0.39, 0.29) is 11.9 Å². The Kier molecular flexibility index (Phi) is 5.08. The number of fused-ring (bicyclic) bond motifs is 1. The van der Waals surface area contributed by atoms with E-state index in [1.165, 1.54) is 0 Å². The van der Waals surface area contributed by atoms with Gasteiger partial charge in [0.05, 0.1) is 28.9 Å². The molecule has 0 spiro atoms. The van der Waals surface area contributed by atoms with Crippen LogP contribution in [0.15, 0.2) is 48.5 Å². The van der Waals surface area contributed by atoms with Gasteiger partial charge in [0, 0.05) is 5.69 Å². The lowest BCUT2D eigenvalue weighted by molar-refractivity contribution is -0.902. The highest BCUT2D eigenvalue weighted by atomic mass is 32.1. The molecule has 3 aromatic rings. The maximum atomic E-state index is 12.3. The Labute approximate surface area is 150 Å². The molecule has 0 saturated carbocycles.